The molecule has 1 N–H and O–H groups in total. The number of quaternary nitrogens is 1. The average Bonchev–Trinajstić information content (AvgIpc) is 3.14. The first-order chi connectivity index (χ1) is 12.4. The lowest BCUT2D eigenvalue weighted by Gasteiger charge is -2.32. The van der Waals surface area contributed by atoms with Gasteiger partial charge in [-0.05, 0) is 41.1 Å². The Balaban J connectivity index is 1.47. The number of carbonyl (C=O) groups is 1. The summed E-state index contributed by atoms with van der Waals surface area (Å²) in [5, 5.41) is 4.73. The van der Waals surface area contributed by atoms with E-state index < -0.39 is 9.84 Å². The van der Waals surface area contributed by atoms with Gasteiger partial charge in [0.15, 0.2) is 9.84 Å². The molecule has 0 spiro atoms. The summed E-state index contributed by atoms with van der Waals surface area (Å²) < 4.78 is 24.7. The first kappa shape index (κ1) is 19.4. The van der Waals surface area contributed by atoms with Gasteiger partial charge in [0.05, 0.1) is 36.8 Å². The third kappa shape index (κ3) is 5.07. The number of thiophene rings is 1. The molecule has 1 aromatic carbocycles. The van der Waals surface area contributed by atoms with Crippen molar-refractivity contribution in [2.45, 2.75) is 17.9 Å². The number of benzene rings is 1. The molecule has 0 atom stereocenters. The number of rotatable bonds is 6. The monoisotopic (exact) mass is 413 g/mol. The van der Waals surface area contributed by atoms with Crippen molar-refractivity contribution >= 4 is 38.7 Å². The van der Waals surface area contributed by atoms with E-state index in [4.69, 9.17) is 11.6 Å². The van der Waals surface area contributed by atoms with Crippen LogP contribution < -0.4 is 4.90 Å². The Morgan fingerprint density at radius 3 is 2.46 bits per heavy atom. The molecule has 8 heteroatoms. The van der Waals surface area contributed by atoms with Crippen molar-refractivity contribution in [3.05, 3.63) is 51.7 Å². The van der Waals surface area contributed by atoms with E-state index in [0.717, 1.165) is 19.6 Å². The van der Waals surface area contributed by atoms with Gasteiger partial charge in [-0.1, -0.05) is 11.6 Å². The summed E-state index contributed by atoms with van der Waals surface area (Å²) in [6.07, 6.45) is 0.0187. The Kier molecular flexibility index (Phi) is 6.34. The number of sulfone groups is 1. The molecular weight excluding hydrogens is 392 g/mol. The van der Waals surface area contributed by atoms with Crippen molar-refractivity contribution < 1.29 is 18.1 Å². The maximum atomic E-state index is 12.4. The molecule has 0 unspecified atom stereocenters. The lowest BCUT2D eigenvalue weighted by atomic mass is 10.2. The lowest BCUT2D eigenvalue weighted by molar-refractivity contribution is -0.917. The summed E-state index contributed by atoms with van der Waals surface area (Å²) in [4.78, 5) is 15.8. The fraction of sp³-hybridized carbons (Fsp3) is 0.389. The molecule has 1 aliphatic rings. The SMILES string of the molecule is O=C(CCS(=O)(=O)c1ccc(Cl)cc1)N1CC[NH+](Cc2ccsc2)CC1. The number of hydrogen-bond donors (Lipinski definition) is 1. The Bertz CT molecular complexity index is 828. The molecule has 1 fully saturated rings. The van der Waals surface area contributed by atoms with Gasteiger partial charge < -0.3 is 9.80 Å². The molecular formula is C18H22ClN2O3S2+. The molecule has 5 nitrogen and oxygen atoms in total. The quantitative estimate of drug-likeness (QED) is 0.780. The van der Waals surface area contributed by atoms with Gasteiger partial charge in [-0.15, -0.1) is 0 Å². The Morgan fingerprint density at radius 1 is 1.15 bits per heavy atom. The van der Waals surface area contributed by atoms with Crippen molar-refractivity contribution in [3.8, 4) is 0 Å². The number of amides is 1. The van der Waals surface area contributed by atoms with Crippen molar-refractivity contribution in [1.82, 2.24) is 4.90 Å². The van der Waals surface area contributed by atoms with Crippen LogP contribution in [0.2, 0.25) is 5.02 Å². The molecule has 1 aromatic heterocycles. The molecule has 0 saturated carbocycles. The van der Waals surface area contributed by atoms with Crippen molar-refractivity contribution in [2.24, 2.45) is 0 Å². The van der Waals surface area contributed by atoms with Gasteiger partial charge in [0.25, 0.3) is 0 Å². The third-order valence-corrected chi connectivity index (χ3v) is 7.33. The largest absolute Gasteiger partial charge is 0.331 e. The first-order valence-corrected chi connectivity index (χ1v) is 11.5. The number of nitrogens with zero attached hydrogens (tertiary/aromatic N) is 1. The van der Waals surface area contributed by atoms with Gasteiger partial charge in [-0.25, -0.2) is 8.42 Å². The number of piperazine rings is 1. The van der Waals surface area contributed by atoms with Crippen molar-refractivity contribution in [2.75, 3.05) is 31.9 Å². The summed E-state index contributed by atoms with van der Waals surface area (Å²) in [5.41, 5.74) is 1.33. The molecule has 0 radical (unpaired) electrons. The van der Waals surface area contributed by atoms with Gasteiger partial charge in [0, 0.05) is 17.0 Å². The van der Waals surface area contributed by atoms with Crippen LogP contribution in [0.15, 0.2) is 46.0 Å². The molecule has 26 heavy (non-hydrogen) atoms. The summed E-state index contributed by atoms with van der Waals surface area (Å²) in [6, 6.07) is 8.19. The molecule has 2 heterocycles. The van der Waals surface area contributed by atoms with Crippen LogP contribution in [-0.2, 0) is 21.2 Å². The molecule has 0 bridgehead atoms. The van der Waals surface area contributed by atoms with E-state index >= 15 is 0 Å². The van der Waals surface area contributed by atoms with Gasteiger partial charge in [-0.3, -0.25) is 4.79 Å². The van der Waals surface area contributed by atoms with E-state index in [2.05, 4.69) is 16.8 Å². The summed E-state index contributed by atoms with van der Waals surface area (Å²) in [5.74, 6) is -0.257. The highest BCUT2D eigenvalue weighted by Crippen LogP contribution is 2.16. The van der Waals surface area contributed by atoms with Gasteiger partial charge in [0.1, 0.15) is 6.54 Å². The molecule has 0 aliphatic carbocycles. The Hall–Kier alpha value is -1.41. The van der Waals surface area contributed by atoms with Gasteiger partial charge in [-0.2, -0.15) is 11.3 Å². The lowest BCUT2D eigenvalue weighted by Crippen LogP contribution is -3.13. The van der Waals surface area contributed by atoms with E-state index in [0.29, 0.717) is 18.1 Å². The van der Waals surface area contributed by atoms with Crippen LogP contribution in [0, 0.1) is 0 Å². The number of carbonyl (C=O) groups excluding carboxylic acids is 1. The minimum atomic E-state index is -3.47. The highest BCUT2D eigenvalue weighted by Gasteiger charge is 2.25. The standard InChI is InChI=1S/C18H21ClN2O3S2/c19-16-1-3-17(4-2-16)26(23,24)12-6-18(22)21-9-7-20(8-10-21)13-15-5-11-25-14-15/h1-5,11,14H,6-10,12-13H2/p+1. The zero-order valence-corrected chi connectivity index (χ0v) is 16.7. The van der Waals surface area contributed by atoms with Crippen LogP contribution in [0.25, 0.3) is 0 Å². The van der Waals surface area contributed by atoms with E-state index in [1.54, 1.807) is 28.4 Å². The van der Waals surface area contributed by atoms with Crippen LogP contribution in [0.3, 0.4) is 0 Å². The van der Waals surface area contributed by atoms with Gasteiger partial charge >= 0.3 is 0 Å². The maximum absolute atomic E-state index is 12.4. The minimum Gasteiger partial charge on any atom is -0.331 e. The predicted octanol–water partition coefficient (Wildman–Crippen LogP) is 1.49. The first-order valence-electron chi connectivity index (χ1n) is 8.55. The van der Waals surface area contributed by atoms with Crippen LogP contribution in [0.1, 0.15) is 12.0 Å². The summed E-state index contributed by atoms with van der Waals surface area (Å²) in [7, 11) is -3.47. The van der Waals surface area contributed by atoms with E-state index in [9.17, 15) is 13.2 Å². The van der Waals surface area contributed by atoms with Crippen molar-refractivity contribution in [1.29, 1.82) is 0 Å². The Labute approximate surface area is 163 Å². The van der Waals surface area contributed by atoms with E-state index in [-0.39, 0.29) is 23.0 Å². The normalized spacial score (nSPS) is 16.0. The predicted molar refractivity (Wildman–Crippen MR) is 103 cm³/mol. The molecule has 1 amide bonds. The molecule has 3 rings (SSSR count). The smallest absolute Gasteiger partial charge is 0.224 e. The number of hydrogen-bond acceptors (Lipinski definition) is 4. The minimum absolute atomic E-state index is 0.0187. The second-order valence-corrected chi connectivity index (χ2v) is 9.79. The molecule has 1 saturated heterocycles. The molecule has 1 aliphatic heterocycles. The number of nitrogens with one attached hydrogen (secondary N) is 1. The molecule has 2 aromatic rings. The zero-order valence-electron chi connectivity index (χ0n) is 14.4. The fourth-order valence-corrected chi connectivity index (χ4v) is 5.10. The third-order valence-electron chi connectivity index (χ3n) is 4.61. The second kappa shape index (κ2) is 8.52. The maximum Gasteiger partial charge on any atom is 0.224 e. The van der Waals surface area contributed by atoms with Crippen molar-refractivity contribution in [3.63, 3.8) is 0 Å². The second-order valence-electron chi connectivity index (χ2n) is 6.46. The zero-order chi connectivity index (χ0) is 18.6. The summed E-state index contributed by atoms with van der Waals surface area (Å²) >= 11 is 7.49. The highest BCUT2D eigenvalue weighted by molar-refractivity contribution is 7.91. The fourth-order valence-electron chi connectivity index (χ4n) is 3.07. The van der Waals surface area contributed by atoms with Crippen LogP contribution in [0.4, 0.5) is 0 Å². The highest BCUT2D eigenvalue weighted by atomic mass is 35.5. The van der Waals surface area contributed by atoms with E-state index in [1.807, 2.05) is 0 Å². The van der Waals surface area contributed by atoms with E-state index in [1.165, 1.54) is 22.6 Å². The van der Waals surface area contributed by atoms with Crippen LogP contribution in [-0.4, -0.2) is 51.2 Å². The topological polar surface area (TPSA) is 58.9 Å². The van der Waals surface area contributed by atoms with Crippen LogP contribution >= 0.6 is 22.9 Å². The van der Waals surface area contributed by atoms with Crippen LogP contribution in [0.5, 0.6) is 0 Å². The number of halogens is 1. The van der Waals surface area contributed by atoms with Gasteiger partial charge in [0.2, 0.25) is 5.91 Å². The average molecular weight is 414 g/mol. The summed E-state index contributed by atoms with van der Waals surface area (Å²) in [6.45, 7) is 4.13. The Morgan fingerprint density at radius 2 is 1.85 bits per heavy atom. The molecule has 140 valence electrons.